The summed E-state index contributed by atoms with van der Waals surface area (Å²) in [7, 11) is 2.95. The SMILES string of the molecule is COc1cc(/C=C/C(=O)OCC(=O)N2CCC[C@@H](C(N)=O)C2)cc(Cl)c1OC. The molecule has 0 aliphatic carbocycles. The van der Waals surface area contributed by atoms with Crippen LogP contribution in [0.5, 0.6) is 11.5 Å². The zero-order valence-corrected chi connectivity index (χ0v) is 16.5. The molecule has 2 rings (SSSR count). The zero-order chi connectivity index (χ0) is 20.7. The summed E-state index contributed by atoms with van der Waals surface area (Å²) in [4.78, 5) is 36.8. The topological polar surface area (TPSA) is 108 Å². The van der Waals surface area contributed by atoms with E-state index in [0.29, 0.717) is 41.5 Å². The minimum atomic E-state index is -0.678. The highest BCUT2D eigenvalue weighted by atomic mass is 35.5. The van der Waals surface area contributed by atoms with Gasteiger partial charge in [0.2, 0.25) is 5.91 Å². The number of nitrogens with zero attached hydrogens (tertiary/aromatic N) is 1. The second-order valence-electron chi connectivity index (χ2n) is 6.26. The quantitative estimate of drug-likeness (QED) is 0.540. The summed E-state index contributed by atoms with van der Waals surface area (Å²) >= 11 is 6.11. The summed E-state index contributed by atoms with van der Waals surface area (Å²) in [6, 6.07) is 3.26. The van der Waals surface area contributed by atoms with Crippen molar-refractivity contribution < 1.29 is 28.6 Å². The van der Waals surface area contributed by atoms with E-state index < -0.39 is 18.5 Å². The Balaban J connectivity index is 1.91. The van der Waals surface area contributed by atoms with Crippen molar-refractivity contribution >= 4 is 35.5 Å². The lowest BCUT2D eigenvalue weighted by Gasteiger charge is -2.30. The molecule has 8 nitrogen and oxygen atoms in total. The maximum Gasteiger partial charge on any atom is 0.331 e. The Morgan fingerprint density at radius 1 is 1.29 bits per heavy atom. The number of methoxy groups -OCH3 is 2. The Labute approximate surface area is 168 Å². The molecule has 1 fully saturated rings. The van der Waals surface area contributed by atoms with E-state index in [9.17, 15) is 14.4 Å². The first kappa shape index (κ1) is 21.6. The number of ether oxygens (including phenoxy) is 3. The average Bonchev–Trinajstić information content (AvgIpc) is 2.69. The molecule has 2 N–H and O–H groups in total. The first-order valence-electron chi connectivity index (χ1n) is 8.69. The second-order valence-corrected chi connectivity index (χ2v) is 6.67. The van der Waals surface area contributed by atoms with E-state index in [2.05, 4.69) is 0 Å². The third-order valence-corrected chi connectivity index (χ3v) is 4.66. The fourth-order valence-electron chi connectivity index (χ4n) is 2.91. The van der Waals surface area contributed by atoms with E-state index >= 15 is 0 Å². The van der Waals surface area contributed by atoms with Crippen LogP contribution in [0.2, 0.25) is 5.02 Å². The molecule has 0 bridgehead atoms. The van der Waals surface area contributed by atoms with Crippen molar-refractivity contribution in [3.63, 3.8) is 0 Å². The number of nitrogens with two attached hydrogens (primary N) is 1. The van der Waals surface area contributed by atoms with E-state index in [1.165, 1.54) is 31.3 Å². The third kappa shape index (κ3) is 5.63. The molecule has 1 aromatic carbocycles. The van der Waals surface area contributed by atoms with Crippen LogP contribution < -0.4 is 15.2 Å². The van der Waals surface area contributed by atoms with Gasteiger partial charge >= 0.3 is 5.97 Å². The normalized spacial score (nSPS) is 16.7. The Morgan fingerprint density at radius 2 is 2.04 bits per heavy atom. The highest BCUT2D eigenvalue weighted by Crippen LogP contribution is 2.36. The fraction of sp³-hybridized carbons (Fsp3) is 0.421. The molecule has 0 aromatic heterocycles. The van der Waals surface area contributed by atoms with Gasteiger partial charge in [0.25, 0.3) is 5.91 Å². The fourth-order valence-corrected chi connectivity index (χ4v) is 3.20. The van der Waals surface area contributed by atoms with Crippen LogP contribution in [0.3, 0.4) is 0 Å². The summed E-state index contributed by atoms with van der Waals surface area (Å²) in [6.07, 6.45) is 4.03. The minimum absolute atomic E-state index is 0.256. The maximum absolute atomic E-state index is 12.2. The van der Waals surface area contributed by atoms with Gasteiger partial charge in [-0.05, 0) is 36.6 Å². The number of hydrogen-bond donors (Lipinski definition) is 1. The molecule has 1 aromatic rings. The number of rotatable bonds is 7. The molecule has 1 aliphatic rings. The van der Waals surface area contributed by atoms with Gasteiger partial charge in [-0.25, -0.2) is 4.79 Å². The molecule has 0 saturated carbocycles. The van der Waals surface area contributed by atoms with E-state index in [4.69, 9.17) is 31.5 Å². The van der Waals surface area contributed by atoms with Crippen LogP contribution in [-0.4, -0.2) is 56.6 Å². The summed E-state index contributed by atoms with van der Waals surface area (Å²) in [6.45, 7) is 0.368. The van der Waals surface area contributed by atoms with Crippen molar-refractivity contribution in [1.29, 1.82) is 0 Å². The molecule has 1 atom stereocenters. The molecular weight excluding hydrogens is 388 g/mol. The predicted octanol–water partition coefficient (Wildman–Crippen LogP) is 1.64. The van der Waals surface area contributed by atoms with E-state index in [-0.39, 0.29) is 18.4 Å². The number of carbonyl (C=O) groups is 3. The van der Waals surface area contributed by atoms with Crippen LogP contribution in [0.4, 0.5) is 0 Å². The molecule has 2 amide bonds. The lowest BCUT2D eigenvalue weighted by molar-refractivity contribution is -0.149. The van der Waals surface area contributed by atoms with Gasteiger partial charge in [0.15, 0.2) is 18.1 Å². The first-order valence-corrected chi connectivity index (χ1v) is 9.07. The molecule has 28 heavy (non-hydrogen) atoms. The molecule has 1 saturated heterocycles. The Kier molecular flexibility index (Phi) is 7.69. The highest BCUT2D eigenvalue weighted by molar-refractivity contribution is 6.32. The Morgan fingerprint density at radius 3 is 2.68 bits per heavy atom. The van der Waals surface area contributed by atoms with Crippen LogP contribution in [0.15, 0.2) is 18.2 Å². The lowest BCUT2D eigenvalue weighted by atomic mass is 9.97. The summed E-state index contributed by atoms with van der Waals surface area (Å²) in [5, 5.41) is 0.333. The van der Waals surface area contributed by atoms with Crippen molar-refractivity contribution in [2.45, 2.75) is 12.8 Å². The third-order valence-electron chi connectivity index (χ3n) is 4.38. The molecule has 1 aliphatic heterocycles. The van der Waals surface area contributed by atoms with Crippen molar-refractivity contribution in [1.82, 2.24) is 4.90 Å². The number of benzene rings is 1. The molecule has 152 valence electrons. The van der Waals surface area contributed by atoms with Gasteiger partial charge in [-0.3, -0.25) is 9.59 Å². The minimum Gasteiger partial charge on any atom is -0.493 e. The summed E-state index contributed by atoms with van der Waals surface area (Å²) in [5.41, 5.74) is 5.90. The number of likely N-dealkylation sites (tertiary alicyclic amines) is 1. The monoisotopic (exact) mass is 410 g/mol. The standard InChI is InChI=1S/C19H23ClN2O6/c1-26-15-9-12(8-14(20)18(15)27-2)5-6-17(24)28-11-16(23)22-7-3-4-13(10-22)19(21)25/h5-6,8-9,13H,3-4,7,10-11H2,1-2H3,(H2,21,25)/b6-5+/t13-/m1/s1. The van der Waals surface area contributed by atoms with Crippen LogP contribution in [0.25, 0.3) is 6.08 Å². The second kappa shape index (κ2) is 9.98. The van der Waals surface area contributed by atoms with Gasteiger partial charge in [0, 0.05) is 19.2 Å². The molecule has 0 unspecified atom stereocenters. The number of amides is 2. The van der Waals surface area contributed by atoms with E-state index in [0.717, 1.165) is 0 Å². The number of piperidine rings is 1. The van der Waals surface area contributed by atoms with Crippen LogP contribution in [0.1, 0.15) is 18.4 Å². The van der Waals surface area contributed by atoms with Crippen molar-refractivity contribution in [2.75, 3.05) is 33.9 Å². The summed E-state index contributed by atoms with van der Waals surface area (Å²) < 4.78 is 15.3. The molecule has 1 heterocycles. The van der Waals surface area contributed by atoms with Crippen LogP contribution in [0, 0.1) is 5.92 Å². The van der Waals surface area contributed by atoms with Gasteiger partial charge in [-0.1, -0.05) is 11.6 Å². The Hall–Kier alpha value is -2.74. The van der Waals surface area contributed by atoms with Crippen LogP contribution in [-0.2, 0) is 19.1 Å². The zero-order valence-electron chi connectivity index (χ0n) is 15.8. The first-order chi connectivity index (χ1) is 13.3. The van der Waals surface area contributed by atoms with Gasteiger partial charge in [0.05, 0.1) is 25.2 Å². The van der Waals surface area contributed by atoms with Crippen molar-refractivity contribution in [3.05, 3.63) is 28.8 Å². The highest BCUT2D eigenvalue weighted by Gasteiger charge is 2.27. The van der Waals surface area contributed by atoms with E-state index in [1.807, 2.05) is 0 Å². The van der Waals surface area contributed by atoms with Gasteiger partial charge in [-0.2, -0.15) is 0 Å². The van der Waals surface area contributed by atoms with E-state index in [1.54, 1.807) is 12.1 Å². The number of hydrogen-bond acceptors (Lipinski definition) is 6. The van der Waals surface area contributed by atoms with Crippen molar-refractivity contribution in [2.24, 2.45) is 11.7 Å². The van der Waals surface area contributed by atoms with Crippen molar-refractivity contribution in [3.8, 4) is 11.5 Å². The molecule has 0 spiro atoms. The van der Waals surface area contributed by atoms with Gasteiger partial charge < -0.3 is 24.8 Å². The molecule has 9 heteroatoms. The Bertz CT molecular complexity index is 780. The van der Waals surface area contributed by atoms with Gasteiger partial charge in [-0.15, -0.1) is 0 Å². The lowest BCUT2D eigenvalue weighted by Crippen LogP contribution is -2.45. The molecular formula is C19H23ClN2O6. The summed E-state index contributed by atoms with van der Waals surface area (Å²) in [5.74, 6) is -1.00. The van der Waals surface area contributed by atoms with Gasteiger partial charge in [0.1, 0.15) is 0 Å². The molecule has 0 radical (unpaired) electrons. The maximum atomic E-state index is 12.2. The van der Waals surface area contributed by atoms with Crippen LogP contribution >= 0.6 is 11.6 Å². The largest absolute Gasteiger partial charge is 0.493 e. The number of halogens is 1. The average molecular weight is 411 g/mol. The smallest absolute Gasteiger partial charge is 0.331 e. The number of carbonyl (C=O) groups excluding carboxylic acids is 3. The number of primary amides is 1. The predicted molar refractivity (Wildman–Crippen MR) is 103 cm³/mol. The number of esters is 1.